The molecule has 10 heteroatoms. The molecule has 0 radical (unpaired) electrons. The van der Waals surface area contributed by atoms with E-state index >= 15 is 0 Å². The highest BCUT2D eigenvalue weighted by atomic mass is 32.2. The number of sulfonamides is 1. The van der Waals surface area contributed by atoms with Gasteiger partial charge < -0.3 is 9.47 Å². The molecule has 0 aliphatic carbocycles. The zero-order valence-electron chi connectivity index (χ0n) is 19.3. The molecule has 0 saturated carbocycles. The van der Waals surface area contributed by atoms with E-state index in [0.29, 0.717) is 19.5 Å². The van der Waals surface area contributed by atoms with Gasteiger partial charge in [-0.2, -0.15) is 4.31 Å². The Morgan fingerprint density at radius 1 is 1.16 bits per heavy atom. The van der Waals surface area contributed by atoms with E-state index in [0.717, 1.165) is 17.8 Å². The number of aromatic nitrogens is 1. The molecule has 1 aromatic heterocycles. The molecule has 0 bridgehead atoms. The van der Waals surface area contributed by atoms with Crippen molar-refractivity contribution in [1.82, 2.24) is 13.8 Å². The van der Waals surface area contributed by atoms with E-state index in [2.05, 4.69) is 0 Å². The lowest BCUT2D eigenvalue weighted by molar-refractivity contribution is -0.384. The number of aryl methyl sites for hydroxylation is 1. The quantitative estimate of drug-likeness (QED) is 0.374. The molecular weight excluding hydrogens is 432 g/mol. The van der Waals surface area contributed by atoms with Crippen molar-refractivity contribution in [2.45, 2.75) is 51.6 Å². The minimum Gasteiger partial charge on any atom is -0.353 e. The predicted molar refractivity (Wildman–Crippen MR) is 122 cm³/mol. The average Bonchev–Trinajstić information content (AvgIpc) is 3.14. The molecule has 1 heterocycles. The van der Waals surface area contributed by atoms with Gasteiger partial charge in [0.25, 0.3) is 5.69 Å². The van der Waals surface area contributed by atoms with Crippen molar-refractivity contribution in [2.75, 3.05) is 13.1 Å². The molecule has 1 unspecified atom stereocenters. The van der Waals surface area contributed by atoms with Crippen molar-refractivity contribution in [2.24, 2.45) is 13.0 Å². The van der Waals surface area contributed by atoms with Crippen molar-refractivity contribution in [3.8, 4) is 0 Å². The minimum atomic E-state index is -4.02. The van der Waals surface area contributed by atoms with Crippen LogP contribution in [0.3, 0.4) is 0 Å². The van der Waals surface area contributed by atoms with Crippen LogP contribution in [0.2, 0.25) is 0 Å². The molecule has 32 heavy (non-hydrogen) atoms. The second-order valence-corrected chi connectivity index (χ2v) is 10.2. The zero-order chi connectivity index (χ0) is 24.1. The average molecular weight is 465 g/mol. The summed E-state index contributed by atoms with van der Waals surface area (Å²) in [4.78, 5) is 25.2. The van der Waals surface area contributed by atoms with Crippen LogP contribution < -0.4 is 0 Å². The Hall–Kier alpha value is -2.72. The van der Waals surface area contributed by atoms with Crippen LogP contribution in [0.1, 0.15) is 39.8 Å². The molecule has 0 aliphatic heterocycles. The van der Waals surface area contributed by atoms with Crippen LogP contribution in [0.25, 0.3) is 0 Å². The molecule has 2 rings (SSSR count). The van der Waals surface area contributed by atoms with Crippen molar-refractivity contribution < 1.29 is 18.1 Å². The summed E-state index contributed by atoms with van der Waals surface area (Å²) in [5.74, 6) is -0.0757. The van der Waals surface area contributed by atoms with Gasteiger partial charge >= 0.3 is 0 Å². The Labute approximate surface area is 189 Å². The van der Waals surface area contributed by atoms with Crippen molar-refractivity contribution in [1.29, 1.82) is 0 Å². The molecule has 1 atom stereocenters. The van der Waals surface area contributed by atoms with Crippen LogP contribution in [0.5, 0.6) is 0 Å². The van der Waals surface area contributed by atoms with Crippen molar-refractivity contribution >= 4 is 21.6 Å². The van der Waals surface area contributed by atoms with Gasteiger partial charge in [-0.3, -0.25) is 14.9 Å². The molecule has 0 aliphatic rings. The molecule has 0 fully saturated rings. The maximum atomic E-state index is 13.3. The molecule has 1 amide bonds. The number of rotatable bonds is 11. The Morgan fingerprint density at radius 3 is 2.25 bits per heavy atom. The zero-order valence-corrected chi connectivity index (χ0v) is 20.1. The van der Waals surface area contributed by atoms with E-state index in [9.17, 15) is 23.3 Å². The fourth-order valence-corrected chi connectivity index (χ4v) is 5.00. The Kier molecular flexibility index (Phi) is 8.57. The highest BCUT2D eigenvalue weighted by Gasteiger charge is 2.32. The summed E-state index contributed by atoms with van der Waals surface area (Å²) in [5.41, 5.74) is 0.758. The first-order valence-electron chi connectivity index (χ1n) is 10.6. The van der Waals surface area contributed by atoms with E-state index in [1.165, 1.54) is 16.4 Å². The van der Waals surface area contributed by atoms with Gasteiger partial charge in [0.1, 0.15) is 0 Å². The molecule has 176 valence electrons. The molecule has 0 spiro atoms. The van der Waals surface area contributed by atoms with E-state index in [1.54, 1.807) is 11.8 Å². The lowest BCUT2D eigenvalue weighted by atomic mass is 10.2. The van der Waals surface area contributed by atoms with E-state index in [-0.39, 0.29) is 29.0 Å². The van der Waals surface area contributed by atoms with Crippen LogP contribution in [0.15, 0.2) is 47.5 Å². The number of hydrogen-bond donors (Lipinski definition) is 0. The van der Waals surface area contributed by atoms with Crippen LogP contribution in [-0.4, -0.2) is 52.2 Å². The number of nitrogens with zero attached hydrogens (tertiary/aromatic N) is 4. The Balaban J connectivity index is 2.33. The summed E-state index contributed by atoms with van der Waals surface area (Å²) in [5, 5.41) is 10.9. The lowest BCUT2D eigenvalue weighted by Gasteiger charge is -2.31. The Bertz CT molecular complexity index is 1030. The number of hydrogen-bond acceptors (Lipinski definition) is 5. The summed E-state index contributed by atoms with van der Waals surface area (Å²) in [6.45, 7) is 8.19. The first-order valence-corrected chi connectivity index (χ1v) is 12.1. The fourth-order valence-electron chi connectivity index (χ4n) is 3.34. The van der Waals surface area contributed by atoms with Gasteiger partial charge in [-0.05, 0) is 43.5 Å². The van der Waals surface area contributed by atoms with Crippen LogP contribution in [-0.2, 0) is 28.4 Å². The number of carbonyl (C=O) groups excluding carboxylic acids is 1. The van der Waals surface area contributed by atoms with Gasteiger partial charge in [0.2, 0.25) is 15.9 Å². The van der Waals surface area contributed by atoms with Crippen molar-refractivity contribution in [3.63, 3.8) is 0 Å². The van der Waals surface area contributed by atoms with Crippen LogP contribution in [0, 0.1) is 16.0 Å². The Morgan fingerprint density at radius 2 is 1.78 bits per heavy atom. The van der Waals surface area contributed by atoms with Crippen LogP contribution >= 0.6 is 0 Å². The SMILES string of the molecule is CCC(C)N(CC(=O)N(Cc1cccn1C)CC(C)C)S(=O)(=O)c1ccc([N+](=O)[O-])cc1. The normalized spacial score (nSPS) is 12.8. The third-order valence-electron chi connectivity index (χ3n) is 5.37. The standard InChI is InChI=1S/C22H32N4O5S/c1-6-18(4)25(32(30,31)21-11-9-19(10-12-21)26(28)29)16-22(27)24(14-17(2)3)15-20-8-7-13-23(20)5/h7-13,17-18H,6,14-16H2,1-5H3. The van der Waals surface area contributed by atoms with E-state index in [1.807, 2.05) is 50.7 Å². The molecule has 2 aromatic rings. The molecule has 0 saturated heterocycles. The van der Waals surface area contributed by atoms with Gasteiger partial charge in [0.05, 0.1) is 22.9 Å². The predicted octanol–water partition coefficient (Wildman–Crippen LogP) is 3.41. The van der Waals surface area contributed by atoms with Gasteiger partial charge in [-0.15, -0.1) is 0 Å². The summed E-state index contributed by atoms with van der Waals surface area (Å²) in [6.07, 6.45) is 2.42. The van der Waals surface area contributed by atoms with Crippen LogP contribution in [0.4, 0.5) is 5.69 Å². The topological polar surface area (TPSA) is 106 Å². The maximum Gasteiger partial charge on any atom is 0.269 e. The van der Waals surface area contributed by atoms with E-state index < -0.39 is 21.0 Å². The summed E-state index contributed by atoms with van der Waals surface area (Å²) in [7, 11) is -2.12. The number of amides is 1. The summed E-state index contributed by atoms with van der Waals surface area (Å²) < 4.78 is 29.8. The lowest BCUT2D eigenvalue weighted by Crippen LogP contribution is -2.47. The third-order valence-corrected chi connectivity index (χ3v) is 7.34. The highest BCUT2D eigenvalue weighted by molar-refractivity contribution is 7.89. The summed E-state index contributed by atoms with van der Waals surface area (Å²) >= 11 is 0. The smallest absolute Gasteiger partial charge is 0.269 e. The number of non-ortho nitro benzene ring substituents is 1. The second kappa shape index (κ2) is 10.7. The first kappa shape index (κ1) is 25.5. The molecule has 0 N–H and O–H groups in total. The molecule has 1 aromatic carbocycles. The third kappa shape index (κ3) is 6.17. The summed E-state index contributed by atoms with van der Waals surface area (Å²) in [6, 6.07) is 8.15. The second-order valence-electron chi connectivity index (χ2n) is 8.34. The highest BCUT2D eigenvalue weighted by Crippen LogP contribution is 2.23. The van der Waals surface area contributed by atoms with Crippen molar-refractivity contribution in [3.05, 3.63) is 58.4 Å². The fraction of sp³-hybridized carbons (Fsp3) is 0.500. The number of benzene rings is 1. The van der Waals surface area contributed by atoms with Gasteiger partial charge in [0.15, 0.2) is 0 Å². The monoisotopic (exact) mass is 464 g/mol. The molecule has 9 nitrogen and oxygen atoms in total. The van der Waals surface area contributed by atoms with Gasteiger partial charge in [-0.1, -0.05) is 20.8 Å². The molecular formula is C22H32N4O5S. The first-order chi connectivity index (χ1) is 15.0. The van der Waals surface area contributed by atoms with Gasteiger partial charge in [-0.25, -0.2) is 8.42 Å². The van der Waals surface area contributed by atoms with E-state index in [4.69, 9.17) is 0 Å². The number of nitro groups is 1. The number of nitro benzene ring substituents is 1. The maximum absolute atomic E-state index is 13.3. The van der Waals surface area contributed by atoms with Gasteiger partial charge in [0, 0.05) is 43.7 Å². The largest absolute Gasteiger partial charge is 0.353 e. The minimum absolute atomic E-state index is 0.0750. The number of carbonyl (C=O) groups is 1.